The third-order valence-electron chi connectivity index (χ3n) is 8.31. The lowest BCUT2D eigenvalue weighted by Gasteiger charge is -2.08. The molecule has 5 N–H and O–H groups in total. The Morgan fingerprint density at radius 2 is 1.59 bits per heavy atom. The van der Waals surface area contributed by atoms with Crippen molar-refractivity contribution in [1.29, 1.82) is 0 Å². The van der Waals surface area contributed by atoms with Gasteiger partial charge in [0, 0.05) is 16.1 Å². The topological polar surface area (TPSA) is 148 Å². The van der Waals surface area contributed by atoms with Crippen LogP contribution in [0, 0.1) is 0 Å². The molecule has 12 heteroatoms. The lowest BCUT2D eigenvalue weighted by atomic mass is 10.1. The number of fused-ring (bicyclic) bond motifs is 2. The van der Waals surface area contributed by atoms with E-state index in [9.17, 15) is 0 Å². The molecule has 5 aromatic carbocycles. The normalized spacial score (nSPS) is 11.4. The monoisotopic (exact) mass is 694 g/mol. The molecule has 0 unspecified atom stereocenters. The number of hydrazine groups is 1. The summed E-state index contributed by atoms with van der Waals surface area (Å²) >= 11 is 6.24. The lowest BCUT2D eigenvalue weighted by Crippen LogP contribution is -2.31. The summed E-state index contributed by atoms with van der Waals surface area (Å²) in [4.78, 5) is 19.3. The number of hydrogen-bond acceptors (Lipinski definition) is 7. The maximum absolute atomic E-state index is 6.24. The predicted octanol–water partition coefficient (Wildman–Crippen LogP) is 7.85. The summed E-state index contributed by atoms with van der Waals surface area (Å²) in [5.74, 6) is 8.77. The molecule has 0 aliphatic carbocycles. The number of H-pyrrole nitrogens is 2. The molecular formula is C39H35ClN10O. The summed E-state index contributed by atoms with van der Waals surface area (Å²) in [5.41, 5.74) is 11.7. The quantitative estimate of drug-likeness (QED) is 0.0521. The van der Waals surface area contributed by atoms with Crippen molar-refractivity contribution < 1.29 is 4.74 Å². The number of ether oxygens (including phenoxy) is 1. The van der Waals surface area contributed by atoms with E-state index in [1.54, 1.807) is 19.0 Å². The zero-order valence-electron chi connectivity index (χ0n) is 27.8. The molecule has 0 fully saturated rings. The third-order valence-corrected chi connectivity index (χ3v) is 8.68. The zero-order chi connectivity index (χ0) is 35.0. The Balaban J connectivity index is 0.000000165. The van der Waals surface area contributed by atoms with Crippen molar-refractivity contribution in [3.05, 3.63) is 155 Å². The van der Waals surface area contributed by atoms with Gasteiger partial charge in [-0.2, -0.15) is 0 Å². The van der Waals surface area contributed by atoms with E-state index in [0.29, 0.717) is 18.9 Å². The molecule has 0 atom stereocenters. The molecule has 8 aromatic rings. The van der Waals surface area contributed by atoms with Crippen LogP contribution in [0.15, 0.2) is 133 Å². The van der Waals surface area contributed by atoms with Crippen LogP contribution >= 0.6 is 11.6 Å². The summed E-state index contributed by atoms with van der Waals surface area (Å²) < 4.78 is 7.93. The first-order valence-corrected chi connectivity index (χ1v) is 16.8. The Morgan fingerprint density at radius 1 is 0.824 bits per heavy atom. The Hall–Kier alpha value is -6.30. The molecular weight excluding hydrogens is 660 g/mol. The smallest absolute Gasteiger partial charge is 0.164 e. The van der Waals surface area contributed by atoms with E-state index >= 15 is 0 Å². The predicted molar refractivity (Wildman–Crippen MR) is 202 cm³/mol. The van der Waals surface area contributed by atoms with Gasteiger partial charge in [-0.3, -0.25) is 4.99 Å². The van der Waals surface area contributed by atoms with Crippen molar-refractivity contribution in [2.45, 2.75) is 26.4 Å². The number of nitrogens with one attached hydrogen (secondary N) is 3. The van der Waals surface area contributed by atoms with Gasteiger partial charge < -0.3 is 24.7 Å². The van der Waals surface area contributed by atoms with Crippen molar-refractivity contribution >= 4 is 39.5 Å². The molecule has 0 amide bonds. The molecule has 0 radical (unpaired) electrons. The molecule has 0 spiro atoms. The van der Waals surface area contributed by atoms with E-state index in [-0.39, 0.29) is 0 Å². The molecule has 3 aromatic heterocycles. The highest BCUT2D eigenvalue weighted by Crippen LogP contribution is 2.25. The van der Waals surface area contributed by atoms with Gasteiger partial charge in [-0.15, -0.1) is 10.2 Å². The molecule has 0 saturated heterocycles. The van der Waals surface area contributed by atoms with Crippen LogP contribution in [-0.2, 0) is 19.5 Å². The maximum atomic E-state index is 6.24. The van der Waals surface area contributed by atoms with Gasteiger partial charge in [0.2, 0.25) is 0 Å². The Kier molecular flexibility index (Phi) is 10.1. The largest absolute Gasteiger partial charge is 0.457 e. The molecule has 3 heterocycles. The molecule has 11 nitrogen and oxygen atoms in total. The highest BCUT2D eigenvalue weighted by molar-refractivity contribution is 6.31. The second-order valence-corrected chi connectivity index (χ2v) is 12.1. The number of imidazole rings is 2. The SMILES string of the molecule is CCc1cccc(Oc2ccc(CN=C(NN)c3ccc4nc[nH]c4c3)cc2)c1.Clc1ccccc1Cn1cnnc1-c1ccc2nc[nH]c2c1. The first-order chi connectivity index (χ1) is 25.1. The van der Waals surface area contributed by atoms with Crippen molar-refractivity contribution in [2.24, 2.45) is 10.8 Å². The van der Waals surface area contributed by atoms with E-state index in [2.05, 4.69) is 59.6 Å². The molecule has 0 bridgehead atoms. The van der Waals surface area contributed by atoms with E-state index in [0.717, 1.165) is 73.1 Å². The molecule has 8 rings (SSSR count). The van der Waals surface area contributed by atoms with Crippen LogP contribution < -0.4 is 16.0 Å². The second-order valence-electron chi connectivity index (χ2n) is 11.7. The number of rotatable bonds is 9. The molecule has 0 aliphatic rings. The fraction of sp³-hybridized carbons (Fsp3) is 0.103. The van der Waals surface area contributed by atoms with Crippen LogP contribution in [0.25, 0.3) is 33.5 Å². The summed E-state index contributed by atoms with van der Waals surface area (Å²) in [5, 5.41) is 9.02. The van der Waals surface area contributed by atoms with Gasteiger partial charge in [0.1, 0.15) is 23.7 Å². The average Bonchev–Trinajstić information content (AvgIpc) is 3.95. The number of aromatic amines is 2. The number of aromatic nitrogens is 7. The minimum absolute atomic E-state index is 0.506. The van der Waals surface area contributed by atoms with Crippen molar-refractivity contribution in [3.8, 4) is 22.9 Å². The van der Waals surface area contributed by atoms with E-state index in [4.69, 9.17) is 22.2 Å². The standard InChI is InChI=1S/C23H23N5O.C16H12ClN5/c1-2-16-4-3-5-20(12-16)29-19-9-6-17(7-10-19)14-25-23(28-24)18-8-11-21-22(13-18)27-15-26-21;17-13-4-2-1-3-12(13)8-22-10-20-21-16(22)11-5-6-14-15(7-11)19-9-18-14/h3-13,15H,2,14,24H2,1H3,(H,25,28)(H,26,27);1-7,9-10H,8H2,(H,18,19). The van der Waals surface area contributed by atoms with Gasteiger partial charge in [0.05, 0.1) is 47.8 Å². The van der Waals surface area contributed by atoms with Gasteiger partial charge in [-0.1, -0.05) is 61.0 Å². The van der Waals surface area contributed by atoms with Crippen LogP contribution in [0.3, 0.4) is 0 Å². The molecule has 0 saturated carbocycles. The number of nitrogens with zero attached hydrogens (tertiary/aromatic N) is 6. The van der Waals surface area contributed by atoms with Gasteiger partial charge in [-0.25, -0.2) is 15.8 Å². The summed E-state index contributed by atoms with van der Waals surface area (Å²) in [6.07, 6.45) is 6.06. The summed E-state index contributed by atoms with van der Waals surface area (Å²) in [6, 6.07) is 35.7. The van der Waals surface area contributed by atoms with Crippen molar-refractivity contribution in [2.75, 3.05) is 0 Å². The minimum Gasteiger partial charge on any atom is -0.457 e. The van der Waals surface area contributed by atoms with Gasteiger partial charge in [0.15, 0.2) is 5.82 Å². The molecule has 0 aliphatic heterocycles. The summed E-state index contributed by atoms with van der Waals surface area (Å²) in [7, 11) is 0. The Bertz CT molecular complexity index is 2410. The molecule has 254 valence electrons. The minimum atomic E-state index is 0.506. The first kappa shape index (κ1) is 33.2. The van der Waals surface area contributed by atoms with E-state index in [1.807, 2.05) is 102 Å². The van der Waals surface area contributed by atoms with Crippen LogP contribution in [0.2, 0.25) is 5.02 Å². The van der Waals surface area contributed by atoms with E-state index < -0.39 is 0 Å². The van der Waals surface area contributed by atoms with Crippen LogP contribution in [-0.4, -0.2) is 40.5 Å². The zero-order valence-corrected chi connectivity index (χ0v) is 28.5. The average molecular weight is 695 g/mol. The number of aryl methyl sites for hydroxylation is 1. The number of hydrogen-bond donors (Lipinski definition) is 4. The van der Waals surface area contributed by atoms with Crippen LogP contribution in [0.1, 0.15) is 29.2 Å². The third kappa shape index (κ3) is 7.96. The lowest BCUT2D eigenvalue weighted by molar-refractivity contribution is 0.482. The number of benzene rings is 5. The number of nitrogens with two attached hydrogens (primary N) is 1. The van der Waals surface area contributed by atoms with Crippen LogP contribution in [0.5, 0.6) is 11.5 Å². The van der Waals surface area contributed by atoms with Gasteiger partial charge in [0.25, 0.3) is 0 Å². The Labute approximate surface area is 299 Å². The van der Waals surface area contributed by atoms with Crippen LogP contribution in [0.4, 0.5) is 0 Å². The number of amidine groups is 1. The summed E-state index contributed by atoms with van der Waals surface area (Å²) in [6.45, 7) is 3.26. The van der Waals surface area contributed by atoms with Gasteiger partial charge >= 0.3 is 0 Å². The molecule has 51 heavy (non-hydrogen) atoms. The fourth-order valence-electron chi connectivity index (χ4n) is 5.58. The highest BCUT2D eigenvalue weighted by Gasteiger charge is 2.11. The van der Waals surface area contributed by atoms with Gasteiger partial charge in [-0.05, 0) is 89.8 Å². The van der Waals surface area contributed by atoms with Crippen molar-refractivity contribution in [3.63, 3.8) is 0 Å². The van der Waals surface area contributed by atoms with E-state index in [1.165, 1.54) is 5.56 Å². The Morgan fingerprint density at radius 3 is 2.35 bits per heavy atom. The first-order valence-electron chi connectivity index (χ1n) is 16.4. The maximum Gasteiger partial charge on any atom is 0.164 e. The highest BCUT2D eigenvalue weighted by atomic mass is 35.5. The number of aliphatic imine (C=N–C) groups is 1. The number of halogens is 1. The fourth-order valence-corrected chi connectivity index (χ4v) is 5.78. The van der Waals surface area contributed by atoms with Crippen molar-refractivity contribution in [1.82, 2.24) is 40.1 Å². The second kappa shape index (κ2) is 15.5.